The first-order valence-electron chi connectivity index (χ1n) is 6.72. The summed E-state index contributed by atoms with van der Waals surface area (Å²) in [7, 11) is 0. The lowest BCUT2D eigenvalue weighted by atomic mass is 10.1. The van der Waals surface area contributed by atoms with E-state index in [2.05, 4.69) is 9.97 Å². The van der Waals surface area contributed by atoms with Gasteiger partial charge in [-0.05, 0) is 26.8 Å². The van der Waals surface area contributed by atoms with Gasteiger partial charge in [-0.25, -0.2) is 4.98 Å². The Morgan fingerprint density at radius 1 is 1.52 bits per heavy atom. The lowest BCUT2D eigenvalue weighted by Crippen LogP contribution is -2.30. The number of aliphatic carboxylic acids is 1. The molecular weight excluding hydrogens is 290 g/mol. The Balaban J connectivity index is 2.37. The van der Waals surface area contributed by atoms with Gasteiger partial charge in [0.25, 0.3) is 0 Å². The summed E-state index contributed by atoms with van der Waals surface area (Å²) in [5.41, 5.74) is 1.34. The van der Waals surface area contributed by atoms with Crippen LogP contribution < -0.4 is 0 Å². The molecule has 21 heavy (non-hydrogen) atoms. The first kappa shape index (κ1) is 15.8. The number of ether oxygens (including phenoxy) is 1. The van der Waals surface area contributed by atoms with E-state index in [4.69, 9.17) is 9.84 Å². The Hall–Kier alpha value is -1.60. The van der Waals surface area contributed by atoms with Crippen LogP contribution in [0.1, 0.15) is 20.8 Å². The lowest BCUT2D eigenvalue weighted by Gasteiger charge is -2.26. The van der Waals surface area contributed by atoms with Crippen molar-refractivity contribution in [1.29, 1.82) is 0 Å². The van der Waals surface area contributed by atoms with Gasteiger partial charge in [0.15, 0.2) is 5.16 Å². The summed E-state index contributed by atoms with van der Waals surface area (Å²) in [5.74, 6) is -0.882. The Kier molecular flexibility index (Phi) is 4.84. The largest absolute Gasteiger partial charge is 0.481 e. The smallest absolute Gasteiger partial charge is 0.313 e. The highest BCUT2D eigenvalue weighted by molar-refractivity contribution is 7.99. The molecular formula is C14H19N3O3S. The van der Waals surface area contributed by atoms with Crippen LogP contribution in [-0.4, -0.2) is 43.6 Å². The van der Waals surface area contributed by atoms with Crippen LogP contribution in [0.3, 0.4) is 0 Å². The molecule has 0 saturated carbocycles. The predicted octanol–water partition coefficient (Wildman–Crippen LogP) is 2.42. The quantitative estimate of drug-likeness (QED) is 0.792. The zero-order valence-electron chi connectivity index (χ0n) is 12.4. The topological polar surface area (TPSA) is 77.2 Å². The summed E-state index contributed by atoms with van der Waals surface area (Å²) in [6.07, 6.45) is 3.39. The van der Waals surface area contributed by atoms with Crippen molar-refractivity contribution in [3.05, 3.63) is 18.5 Å². The number of carboxylic acid groups (broad SMARTS) is 1. The third-order valence-corrected chi connectivity index (χ3v) is 3.88. The van der Waals surface area contributed by atoms with E-state index in [1.807, 2.05) is 31.4 Å². The van der Waals surface area contributed by atoms with E-state index in [1.165, 1.54) is 11.8 Å². The van der Waals surface area contributed by atoms with Gasteiger partial charge in [0.05, 0.1) is 29.6 Å². The standard InChI is InChI=1S/C14H19N3O3S/c1-4-20-14(2,3)9-17-11-5-6-15-7-10(11)16-13(17)21-8-12(18)19/h5-7H,4,8-9H2,1-3H3,(H,18,19). The number of thioether (sulfide) groups is 1. The molecule has 1 N–H and O–H groups in total. The van der Waals surface area contributed by atoms with Crippen LogP contribution in [0.2, 0.25) is 0 Å². The van der Waals surface area contributed by atoms with Crippen molar-refractivity contribution in [1.82, 2.24) is 14.5 Å². The third-order valence-electron chi connectivity index (χ3n) is 2.91. The fourth-order valence-electron chi connectivity index (χ4n) is 2.17. The van der Waals surface area contributed by atoms with Gasteiger partial charge in [0.1, 0.15) is 5.52 Å². The van der Waals surface area contributed by atoms with Gasteiger partial charge in [-0.3, -0.25) is 9.78 Å². The number of pyridine rings is 1. The van der Waals surface area contributed by atoms with E-state index in [0.717, 1.165) is 11.0 Å². The minimum absolute atomic E-state index is 0.0220. The maximum atomic E-state index is 10.8. The van der Waals surface area contributed by atoms with Crippen molar-refractivity contribution in [2.24, 2.45) is 0 Å². The molecule has 0 amide bonds. The maximum absolute atomic E-state index is 10.8. The zero-order chi connectivity index (χ0) is 15.5. The van der Waals surface area contributed by atoms with E-state index in [0.29, 0.717) is 18.3 Å². The minimum atomic E-state index is -0.860. The van der Waals surface area contributed by atoms with Crippen LogP contribution in [0.25, 0.3) is 11.0 Å². The van der Waals surface area contributed by atoms with Crippen LogP contribution in [0, 0.1) is 0 Å². The van der Waals surface area contributed by atoms with Gasteiger partial charge in [0, 0.05) is 12.8 Å². The third kappa shape index (κ3) is 3.95. The summed E-state index contributed by atoms with van der Waals surface area (Å²) in [6.45, 7) is 7.20. The zero-order valence-corrected chi connectivity index (χ0v) is 13.2. The van der Waals surface area contributed by atoms with E-state index in [1.54, 1.807) is 12.4 Å². The van der Waals surface area contributed by atoms with E-state index in [9.17, 15) is 4.79 Å². The number of hydrogen-bond acceptors (Lipinski definition) is 5. The first-order chi connectivity index (χ1) is 9.93. The second-order valence-corrected chi connectivity index (χ2v) is 6.16. The molecule has 2 aromatic heterocycles. The second-order valence-electron chi connectivity index (χ2n) is 5.22. The molecule has 7 heteroatoms. The average Bonchev–Trinajstić information content (AvgIpc) is 2.74. The molecule has 0 saturated heterocycles. The Morgan fingerprint density at radius 3 is 2.95 bits per heavy atom. The van der Waals surface area contributed by atoms with E-state index < -0.39 is 5.97 Å². The molecule has 0 aromatic carbocycles. The maximum Gasteiger partial charge on any atom is 0.313 e. The molecule has 114 valence electrons. The second kappa shape index (κ2) is 6.44. The van der Waals surface area contributed by atoms with Gasteiger partial charge in [-0.15, -0.1) is 0 Å². The highest BCUT2D eigenvalue weighted by atomic mass is 32.2. The van der Waals surface area contributed by atoms with Crippen molar-refractivity contribution < 1.29 is 14.6 Å². The van der Waals surface area contributed by atoms with Gasteiger partial charge in [-0.1, -0.05) is 11.8 Å². The molecule has 0 aliphatic rings. The molecule has 2 rings (SSSR count). The number of carbonyl (C=O) groups is 1. The Morgan fingerprint density at radius 2 is 2.29 bits per heavy atom. The molecule has 0 aliphatic carbocycles. The first-order valence-corrected chi connectivity index (χ1v) is 7.70. The fourth-order valence-corrected chi connectivity index (χ4v) is 2.90. The fraction of sp³-hybridized carbons (Fsp3) is 0.500. The molecule has 2 heterocycles. The van der Waals surface area contributed by atoms with Crippen molar-refractivity contribution in [2.75, 3.05) is 12.4 Å². The van der Waals surface area contributed by atoms with Gasteiger partial charge >= 0.3 is 5.97 Å². The number of hydrogen-bond donors (Lipinski definition) is 1. The normalized spacial score (nSPS) is 12.0. The Labute approximate surface area is 127 Å². The number of rotatable bonds is 7. The van der Waals surface area contributed by atoms with Crippen LogP contribution in [-0.2, 0) is 16.1 Å². The summed E-state index contributed by atoms with van der Waals surface area (Å²) < 4.78 is 7.74. The van der Waals surface area contributed by atoms with Crippen LogP contribution in [0.5, 0.6) is 0 Å². The molecule has 0 bridgehead atoms. The highest BCUT2D eigenvalue weighted by Crippen LogP contribution is 2.26. The van der Waals surface area contributed by atoms with Crippen LogP contribution >= 0.6 is 11.8 Å². The number of nitrogens with zero attached hydrogens (tertiary/aromatic N) is 3. The summed E-state index contributed by atoms with van der Waals surface area (Å²) in [4.78, 5) is 19.3. The summed E-state index contributed by atoms with van der Waals surface area (Å²) in [6, 6.07) is 1.88. The van der Waals surface area contributed by atoms with Gasteiger partial charge in [-0.2, -0.15) is 0 Å². The SMILES string of the molecule is CCOC(C)(C)Cn1c(SCC(=O)O)nc2cnccc21. The van der Waals surface area contributed by atoms with E-state index >= 15 is 0 Å². The molecule has 6 nitrogen and oxygen atoms in total. The molecule has 0 unspecified atom stereocenters. The van der Waals surface area contributed by atoms with Gasteiger partial charge in [0.2, 0.25) is 0 Å². The molecule has 0 spiro atoms. The number of fused-ring (bicyclic) bond motifs is 1. The molecule has 0 radical (unpaired) electrons. The van der Waals surface area contributed by atoms with Crippen molar-refractivity contribution in [3.63, 3.8) is 0 Å². The average molecular weight is 309 g/mol. The number of imidazole rings is 1. The van der Waals surface area contributed by atoms with Crippen molar-refractivity contribution in [3.8, 4) is 0 Å². The molecule has 2 aromatic rings. The summed E-state index contributed by atoms with van der Waals surface area (Å²) >= 11 is 1.21. The van der Waals surface area contributed by atoms with E-state index in [-0.39, 0.29) is 11.4 Å². The molecule has 0 atom stereocenters. The van der Waals surface area contributed by atoms with Crippen LogP contribution in [0.4, 0.5) is 0 Å². The minimum Gasteiger partial charge on any atom is -0.481 e. The lowest BCUT2D eigenvalue weighted by molar-refractivity contribution is -0.133. The predicted molar refractivity (Wildman–Crippen MR) is 81.6 cm³/mol. The number of carboxylic acids is 1. The van der Waals surface area contributed by atoms with Crippen molar-refractivity contribution >= 4 is 28.8 Å². The van der Waals surface area contributed by atoms with Crippen LogP contribution in [0.15, 0.2) is 23.6 Å². The number of aromatic nitrogens is 3. The Bertz CT molecular complexity index is 639. The van der Waals surface area contributed by atoms with Gasteiger partial charge < -0.3 is 14.4 Å². The summed E-state index contributed by atoms with van der Waals surface area (Å²) in [5, 5.41) is 9.54. The monoisotopic (exact) mass is 309 g/mol. The van der Waals surface area contributed by atoms with Crippen molar-refractivity contribution in [2.45, 2.75) is 38.1 Å². The molecule has 0 fully saturated rings. The molecule has 0 aliphatic heterocycles. The highest BCUT2D eigenvalue weighted by Gasteiger charge is 2.22.